The van der Waals surface area contributed by atoms with E-state index in [9.17, 15) is 4.79 Å². The number of unbranched alkanes of at least 4 members (excludes halogenated alkanes) is 7. The number of aliphatic hydroxyl groups is 1. The molecule has 0 spiro atoms. The lowest BCUT2D eigenvalue weighted by molar-refractivity contribution is -0.121. The van der Waals surface area contributed by atoms with Crippen LogP contribution in [-0.4, -0.2) is 24.2 Å². The minimum Gasteiger partial charge on any atom is -0.395 e. The summed E-state index contributed by atoms with van der Waals surface area (Å²) in [6, 6.07) is 0. The molecule has 0 heterocycles. The van der Waals surface area contributed by atoms with Crippen LogP contribution in [0.25, 0.3) is 0 Å². The van der Waals surface area contributed by atoms with Crippen molar-refractivity contribution in [3.63, 3.8) is 0 Å². The summed E-state index contributed by atoms with van der Waals surface area (Å²) >= 11 is 0. The van der Waals surface area contributed by atoms with Gasteiger partial charge in [-0.1, -0.05) is 51.2 Å². The Kier molecular flexibility index (Phi) is 14.6. The smallest absolute Gasteiger partial charge is 0.220 e. The van der Waals surface area contributed by atoms with Gasteiger partial charge >= 0.3 is 0 Å². The molecule has 0 aromatic carbocycles. The van der Waals surface area contributed by atoms with Gasteiger partial charge in [-0.05, 0) is 25.7 Å². The Morgan fingerprint density at radius 3 is 2.32 bits per heavy atom. The number of hydrogen-bond acceptors (Lipinski definition) is 2. The van der Waals surface area contributed by atoms with Crippen LogP contribution in [0.1, 0.15) is 71.1 Å². The molecule has 0 aliphatic carbocycles. The third-order valence-corrected chi connectivity index (χ3v) is 3.10. The van der Waals surface area contributed by atoms with Crippen molar-refractivity contribution in [3.8, 4) is 0 Å². The van der Waals surface area contributed by atoms with Crippen molar-refractivity contribution in [1.29, 1.82) is 0 Å². The predicted molar refractivity (Wildman–Crippen MR) is 81.1 cm³/mol. The third-order valence-electron chi connectivity index (χ3n) is 3.10. The molecule has 0 aromatic heterocycles. The van der Waals surface area contributed by atoms with Gasteiger partial charge in [0.1, 0.15) is 0 Å². The van der Waals surface area contributed by atoms with Crippen molar-refractivity contribution in [2.24, 2.45) is 0 Å². The lowest BCUT2D eigenvalue weighted by atomic mass is 10.1. The molecule has 0 saturated carbocycles. The maximum absolute atomic E-state index is 11.2. The van der Waals surface area contributed by atoms with E-state index in [2.05, 4.69) is 24.4 Å². The molecule has 3 heteroatoms. The van der Waals surface area contributed by atoms with Gasteiger partial charge in [0, 0.05) is 13.0 Å². The summed E-state index contributed by atoms with van der Waals surface area (Å²) in [5.41, 5.74) is 0. The van der Waals surface area contributed by atoms with Gasteiger partial charge in [0.15, 0.2) is 0 Å². The molecule has 0 unspecified atom stereocenters. The lowest BCUT2D eigenvalue weighted by Crippen LogP contribution is -2.25. The van der Waals surface area contributed by atoms with Gasteiger partial charge in [0.25, 0.3) is 0 Å². The van der Waals surface area contributed by atoms with Crippen LogP contribution in [0.3, 0.4) is 0 Å². The van der Waals surface area contributed by atoms with Gasteiger partial charge in [-0.2, -0.15) is 0 Å². The van der Waals surface area contributed by atoms with Crippen LogP contribution in [0.15, 0.2) is 12.2 Å². The molecule has 1 amide bonds. The normalized spacial score (nSPS) is 11.1. The quantitative estimate of drug-likeness (QED) is 0.397. The number of carbonyl (C=O) groups excluding carboxylic acids is 1. The fourth-order valence-corrected chi connectivity index (χ4v) is 1.92. The average Bonchev–Trinajstić information content (AvgIpc) is 2.42. The standard InChI is InChI=1S/C16H31NO2/c1-2-3-4-5-6-7-8-9-10-11-12-13-16(19)17-14-15-18/h5-6,18H,2-4,7-15H2,1H3,(H,17,19)/b6-5-. The second-order valence-electron chi connectivity index (χ2n) is 4.99. The highest BCUT2D eigenvalue weighted by Gasteiger charge is 1.99. The first-order valence-electron chi connectivity index (χ1n) is 7.83. The lowest BCUT2D eigenvalue weighted by Gasteiger charge is -2.03. The summed E-state index contributed by atoms with van der Waals surface area (Å²) in [6.45, 7) is 2.62. The minimum absolute atomic E-state index is 0.0253. The molecule has 0 aromatic rings. The van der Waals surface area contributed by atoms with Gasteiger partial charge in [0.2, 0.25) is 5.91 Å². The maximum atomic E-state index is 11.2. The molecule has 0 bridgehead atoms. The average molecular weight is 269 g/mol. The van der Waals surface area contributed by atoms with Crippen LogP contribution in [0.4, 0.5) is 0 Å². The van der Waals surface area contributed by atoms with Gasteiger partial charge in [-0.15, -0.1) is 0 Å². The molecule has 0 aliphatic heterocycles. The van der Waals surface area contributed by atoms with E-state index in [-0.39, 0.29) is 12.5 Å². The van der Waals surface area contributed by atoms with Crippen LogP contribution in [0.2, 0.25) is 0 Å². The zero-order valence-electron chi connectivity index (χ0n) is 12.5. The molecule has 3 nitrogen and oxygen atoms in total. The highest BCUT2D eigenvalue weighted by Crippen LogP contribution is 2.08. The Morgan fingerprint density at radius 2 is 1.63 bits per heavy atom. The second-order valence-corrected chi connectivity index (χ2v) is 4.99. The van der Waals surface area contributed by atoms with Crippen molar-refractivity contribution >= 4 is 5.91 Å². The maximum Gasteiger partial charge on any atom is 0.220 e. The number of aliphatic hydroxyl groups excluding tert-OH is 1. The van der Waals surface area contributed by atoms with E-state index in [0.29, 0.717) is 13.0 Å². The highest BCUT2D eigenvalue weighted by molar-refractivity contribution is 5.75. The number of carbonyl (C=O) groups is 1. The summed E-state index contributed by atoms with van der Waals surface area (Å²) in [5.74, 6) is 0.0629. The van der Waals surface area contributed by atoms with Gasteiger partial charge in [-0.25, -0.2) is 0 Å². The molecule has 0 radical (unpaired) electrons. The summed E-state index contributed by atoms with van der Waals surface area (Å²) in [5, 5.41) is 11.2. The Hall–Kier alpha value is -0.830. The summed E-state index contributed by atoms with van der Waals surface area (Å²) in [6.07, 6.45) is 16.0. The Bertz CT molecular complexity index is 227. The van der Waals surface area contributed by atoms with Crippen molar-refractivity contribution in [1.82, 2.24) is 5.32 Å². The molecular weight excluding hydrogens is 238 g/mol. The van der Waals surface area contributed by atoms with Crippen LogP contribution in [0, 0.1) is 0 Å². The van der Waals surface area contributed by atoms with Crippen molar-refractivity contribution in [3.05, 3.63) is 12.2 Å². The molecule has 0 saturated heterocycles. The molecule has 0 rings (SSSR count). The fraction of sp³-hybridized carbons (Fsp3) is 0.812. The molecule has 2 N–H and O–H groups in total. The van der Waals surface area contributed by atoms with E-state index in [1.807, 2.05) is 0 Å². The summed E-state index contributed by atoms with van der Waals surface area (Å²) in [4.78, 5) is 11.2. The number of amides is 1. The van der Waals surface area contributed by atoms with Crippen LogP contribution in [0.5, 0.6) is 0 Å². The molecule has 0 aliphatic rings. The summed E-state index contributed by atoms with van der Waals surface area (Å²) in [7, 11) is 0. The van der Waals surface area contributed by atoms with Crippen molar-refractivity contribution in [2.45, 2.75) is 71.1 Å². The van der Waals surface area contributed by atoms with E-state index >= 15 is 0 Å². The van der Waals surface area contributed by atoms with Crippen LogP contribution in [-0.2, 0) is 4.79 Å². The monoisotopic (exact) mass is 269 g/mol. The Morgan fingerprint density at radius 1 is 1.00 bits per heavy atom. The Labute approximate surface area is 118 Å². The zero-order chi connectivity index (χ0) is 14.2. The van der Waals surface area contributed by atoms with Crippen LogP contribution < -0.4 is 5.32 Å². The third kappa shape index (κ3) is 15.1. The topological polar surface area (TPSA) is 49.3 Å². The van der Waals surface area contributed by atoms with Crippen molar-refractivity contribution < 1.29 is 9.90 Å². The highest BCUT2D eigenvalue weighted by atomic mass is 16.3. The molecule has 112 valence electrons. The molecular formula is C16H31NO2. The number of rotatable bonds is 13. The summed E-state index contributed by atoms with van der Waals surface area (Å²) < 4.78 is 0. The van der Waals surface area contributed by atoms with Gasteiger partial charge < -0.3 is 10.4 Å². The Balaban J connectivity index is 3.14. The molecule has 0 atom stereocenters. The SMILES string of the molecule is CCCC/C=C\CCCCCCCC(=O)NCCO. The van der Waals surface area contributed by atoms with E-state index in [0.717, 1.165) is 12.8 Å². The van der Waals surface area contributed by atoms with E-state index in [1.165, 1.54) is 44.9 Å². The van der Waals surface area contributed by atoms with Gasteiger partial charge in [-0.3, -0.25) is 4.79 Å². The largest absolute Gasteiger partial charge is 0.395 e. The van der Waals surface area contributed by atoms with E-state index < -0.39 is 0 Å². The second kappa shape index (κ2) is 15.2. The first kappa shape index (κ1) is 18.2. The van der Waals surface area contributed by atoms with Gasteiger partial charge in [0.05, 0.1) is 6.61 Å². The first-order chi connectivity index (χ1) is 9.31. The minimum atomic E-state index is 0.0253. The predicted octanol–water partition coefficient (Wildman–Crippen LogP) is 3.57. The van der Waals surface area contributed by atoms with E-state index in [1.54, 1.807) is 0 Å². The number of nitrogens with one attached hydrogen (secondary N) is 1. The zero-order valence-corrected chi connectivity index (χ0v) is 12.5. The number of allylic oxidation sites excluding steroid dienone is 2. The van der Waals surface area contributed by atoms with Crippen LogP contribution >= 0.6 is 0 Å². The molecule has 0 fully saturated rings. The van der Waals surface area contributed by atoms with Crippen molar-refractivity contribution in [2.75, 3.05) is 13.2 Å². The first-order valence-corrected chi connectivity index (χ1v) is 7.83. The molecule has 19 heavy (non-hydrogen) atoms. The number of hydrogen-bond donors (Lipinski definition) is 2. The fourth-order valence-electron chi connectivity index (χ4n) is 1.92. The van der Waals surface area contributed by atoms with E-state index in [4.69, 9.17) is 5.11 Å².